The Morgan fingerprint density at radius 3 is 2.00 bits per heavy atom. The summed E-state index contributed by atoms with van der Waals surface area (Å²) in [7, 11) is 0. The fourth-order valence-corrected chi connectivity index (χ4v) is 2.20. The van der Waals surface area contributed by atoms with E-state index < -0.39 is 0 Å². The summed E-state index contributed by atoms with van der Waals surface area (Å²) in [4.78, 5) is 0. The molecule has 100 valence electrons. The molecule has 0 saturated heterocycles. The summed E-state index contributed by atoms with van der Waals surface area (Å²) in [5, 5.41) is 0. The topological polar surface area (TPSA) is 35.2 Å². The van der Waals surface area contributed by atoms with Gasteiger partial charge in [0.25, 0.3) is 0 Å². The van der Waals surface area contributed by atoms with Gasteiger partial charge in [-0.05, 0) is 37.1 Å². The highest BCUT2D eigenvalue weighted by Crippen LogP contribution is 2.25. The van der Waals surface area contributed by atoms with Gasteiger partial charge in [-0.2, -0.15) is 0 Å². The lowest BCUT2D eigenvalue weighted by molar-refractivity contribution is 0.242. The molecule has 2 nitrogen and oxygen atoms in total. The summed E-state index contributed by atoms with van der Waals surface area (Å²) >= 11 is 0. The standard InChI is InChI=1S/C17H21NO/c1-13(2)19-16-10-8-15(9-11-16)17(12-18)14-6-4-3-5-7-14/h3-11,13,17H,12,18H2,1-2H3. The molecule has 0 aliphatic carbocycles. The van der Waals surface area contributed by atoms with Crippen LogP contribution in [0.3, 0.4) is 0 Å². The maximum absolute atomic E-state index is 5.92. The first-order valence-corrected chi connectivity index (χ1v) is 6.72. The zero-order valence-electron chi connectivity index (χ0n) is 11.5. The predicted molar refractivity (Wildman–Crippen MR) is 79.5 cm³/mol. The van der Waals surface area contributed by atoms with Crippen LogP contribution in [0, 0.1) is 0 Å². The highest BCUT2D eigenvalue weighted by Gasteiger charge is 2.12. The van der Waals surface area contributed by atoms with Crippen LogP contribution in [0.1, 0.15) is 30.9 Å². The van der Waals surface area contributed by atoms with Crippen LogP contribution in [-0.4, -0.2) is 12.6 Å². The molecule has 0 bridgehead atoms. The molecule has 19 heavy (non-hydrogen) atoms. The second-order valence-corrected chi connectivity index (χ2v) is 4.93. The number of ether oxygens (including phenoxy) is 1. The van der Waals surface area contributed by atoms with E-state index in [1.807, 2.05) is 44.2 Å². The first kappa shape index (κ1) is 13.6. The largest absolute Gasteiger partial charge is 0.491 e. The molecule has 1 atom stereocenters. The van der Waals surface area contributed by atoms with Crippen molar-refractivity contribution in [1.82, 2.24) is 0 Å². The van der Waals surface area contributed by atoms with Gasteiger partial charge in [-0.3, -0.25) is 0 Å². The molecule has 0 spiro atoms. The zero-order chi connectivity index (χ0) is 13.7. The molecule has 0 aliphatic rings. The summed E-state index contributed by atoms with van der Waals surface area (Å²) in [6.45, 7) is 4.66. The van der Waals surface area contributed by atoms with E-state index in [1.165, 1.54) is 11.1 Å². The van der Waals surface area contributed by atoms with Gasteiger partial charge in [0, 0.05) is 12.5 Å². The lowest BCUT2D eigenvalue weighted by Crippen LogP contribution is -2.13. The molecule has 2 N–H and O–H groups in total. The Morgan fingerprint density at radius 2 is 1.47 bits per heavy atom. The van der Waals surface area contributed by atoms with Crippen molar-refractivity contribution in [1.29, 1.82) is 0 Å². The van der Waals surface area contributed by atoms with Gasteiger partial charge in [-0.25, -0.2) is 0 Å². The monoisotopic (exact) mass is 255 g/mol. The smallest absolute Gasteiger partial charge is 0.119 e. The SMILES string of the molecule is CC(C)Oc1ccc(C(CN)c2ccccc2)cc1. The van der Waals surface area contributed by atoms with Gasteiger partial charge in [0.15, 0.2) is 0 Å². The van der Waals surface area contributed by atoms with Crippen molar-refractivity contribution < 1.29 is 4.74 Å². The van der Waals surface area contributed by atoms with E-state index in [2.05, 4.69) is 24.3 Å². The first-order chi connectivity index (χ1) is 9.20. The maximum Gasteiger partial charge on any atom is 0.119 e. The van der Waals surface area contributed by atoms with Crippen LogP contribution in [0.15, 0.2) is 54.6 Å². The molecule has 0 saturated carbocycles. The van der Waals surface area contributed by atoms with Crippen LogP contribution in [0.5, 0.6) is 5.75 Å². The van der Waals surface area contributed by atoms with E-state index in [4.69, 9.17) is 10.5 Å². The minimum absolute atomic E-state index is 0.199. The number of hydrogen-bond donors (Lipinski definition) is 1. The quantitative estimate of drug-likeness (QED) is 0.886. The van der Waals surface area contributed by atoms with Gasteiger partial charge in [0.2, 0.25) is 0 Å². The lowest BCUT2D eigenvalue weighted by atomic mass is 9.91. The minimum atomic E-state index is 0.199. The van der Waals surface area contributed by atoms with E-state index in [0.717, 1.165) is 5.75 Å². The van der Waals surface area contributed by atoms with Crippen LogP contribution < -0.4 is 10.5 Å². The number of hydrogen-bond acceptors (Lipinski definition) is 2. The van der Waals surface area contributed by atoms with Gasteiger partial charge in [-0.15, -0.1) is 0 Å². The fraction of sp³-hybridized carbons (Fsp3) is 0.294. The lowest BCUT2D eigenvalue weighted by Gasteiger charge is -2.17. The van der Waals surface area contributed by atoms with Crippen LogP contribution in [0.4, 0.5) is 0 Å². The van der Waals surface area contributed by atoms with E-state index in [0.29, 0.717) is 6.54 Å². The van der Waals surface area contributed by atoms with Crippen molar-refractivity contribution in [2.75, 3.05) is 6.54 Å². The third-order valence-corrected chi connectivity index (χ3v) is 3.09. The van der Waals surface area contributed by atoms with Crippen LogP contribution in [0.2, 0.25) is 0 Å². The molecule has 0 aromatic heterocycles. The Hall–Kier alpha value is -1.80. The second kappa shape index (κ2) is 6.39. The molecule has 0 fully saturated rings. The van der Waals surface area contributed by atoms with Crippen LogP contribution in [0.25, 0.3) is 0 Å². The molecule has 2 heteroatoms. The van der Waals surface area contributed by atoms with E-state index in [1.54, 1.807) is 0 Å². The van der Waals surface area contributed by atoms with Crippen molar-refractivity contribution >= 4 is 0 Å². The normalized spacial score (nSPS) is 12.4. The number of nitrogens with two attached hydrogens (primary N) is 1. The Labute approximate surface area is 115 Å². The van der Waals surface area contributed by atoms with E-state index in [-0.39, 0.29) is 12.0 Å². The average Bonchev–Trinajstić information content (AvgIpc) is 2.42. The van der Waals surface area contributed by atoms with Gasteiger partial charge < -0.3 is 10.5 Å². The summed E-state index contributed by atoms with van der Waals surface area (Å²) in [5.41, 5.74) is 8.40. The number of rotatable bonds is 5. The van der Waals surface area contributed by atoms with Crippen molar-refractivity contribution in [3.05, 3.63) is 65.7 Å². The third-order valence-electron chi connectivity index (χ3n) is 3.09. The molecular weight excluding hydrogens is 234 g/mol. The Morgan fingerprint density at radius 1 is 0.895 bits per heavy atom. The molecule has 2 rings (SSSR count). The third kappa shape index (κ3) is 3.58. The molecule has 2 aromatic carbocycles. The predicted octanol–water partition coefficient (Wildman–Crippen LogP) is 3.56. The van der Waals surface area contributed by atoms with Crippen molar-refractivity contribution in [3.63, 3.8) is 0 Å². The summed E-state index contributed by atoms with van der Waals surface area (Å²) < 4.78 is 5.66. The Balaban J connectivity index is 2.20. The summed E-state index contributed by atoms with van der Waals surface area (Å²) in [6, 6.07) is 18.6. The minimum Gasteiger partial charge on any atom is -0.491 e. The molecule has 1 unspecified atom stereocenters. The molecular formula is C17H21NO. The van der Waals surface area contributed by atoms with Gasteiger partial charge in [0.1, 0.15) is 5.75 Å². The van der Waals surface area contributed by atoms with Crippen molar-refractivity contribution in [2.45, 2.75) is 25.9 Å². The molecule has 2 aromatic rings. The van der Waals surface area contributed by atoms with Crippen molar-refractivity contribution in [3.8, 4) is 5.75 Å². The fourth-order valence-electron chi connectivity index (χ4n) is 2.20. The van der Waals surface area contributed by atoms with E-state index in [9.17, 15) is 0 Å². The van der Waals surface area contributed by atoms with Crippen LogP contribution >= 0.6 is 0 Å². The second-order valence-electron chi connectivity index (χ2n) is 4.93. The average molecular weight is 255 g/mol. The zero-order valence-corrected chi connectivity index (χ0v) is 11.5. The van der Waals surface area contributed by atoms with Crippen molar-refractivity contribution in [2.24, 2.45) is 5.73 Å². The Kier molecular flexibility index (Phi) is 4.58. The summed E-state index contributed by atoms with van der Waals surface area (Å²) in [5.74, 6) is 1.15. The van der Waals surface area contributed by atoms with Gasteiger partial charge >= 0.3 is 0 Å². The molecule has 0 amide bonds. The van der Waals surface area contributed by atoms with Gasteiger partial charge in [-0.1, -0.05) is 42.5 Å². The molecule has 0 radical (unpaired) electrons. The Bertz CT molecular complexity index is 490. The maximum atomic E-state index is 5.92. The van der Waals surface area contributed by atoms with Crippen LogP contribution in [-0.2, 0) is 0 Å². The molecule has 0 aliphatic heterocycles. The number of benzene rings is 2. The van der Waals surface area contributed by atoms with Gasteiger partial charge in [0.05, 0.1) is 6.10 Å². The highest BCUT2D eigenvalue weighted by atomic mass is 16.5. The highest BCUT2D eigenvalue weighted by molar-refractivity contribution is 5.36. The molecule has 0 heterocycles. The summed E-state index contributed by atoms with van der Waals surface area (Å²) in [6.07, 6.45) is 0.199. The van der Waals surface area contributed by atoms with E-state index >= 15 is 0 Å². The first-order valence-electron chi connectivity index (χ1n) is 6.72.